The number of halogens is 2. The Morgan fingerprint density at radius 2 is 2.04 bits per heavy atom. The number of alkyl halides is 2. The van der Waals surface area contributed by atoms with E-state index in [4.69, 9.17) is 14.6 Å². The molecular weight excluding hydrogens is 326 g/mol. The van der Waals surface area contributed by atoms with Crippen molar-refractivity contribution in [1.29, 1.82) is 0 Å². The highest BCUT2D eigenvalue weighted by Gasteiger charge is 2.65. The highest BCUT2D eigenvalue weighted by molar-refractivity contribution is 5.86. The SMILES string of the molecule is CC(C)CC(OC(=O)C1C2CC3OC(=O)C1C3C2)C(F)(F)C(=O)O. The van der Waals surface area contributed by atoms with Gasteiger partial charge in [0.1, 0.15) is 6.10 Å². The predicted octanol–water partition coefficient (Wildman–Crippen LogP) is 1.86. The van der Waals surface area contributed by atoms with Gasteiger partial charge in [-0.2, -0.15) is 8.78 Å². The highest BCUT2D eigenvalue weighted by atomic mass is 19.3. The Morgan fingerprint density at radius 1 is 1.38 bits per heavy atom. The number of rotatable bonds is 6. The molecular formula is C16H20F2O6. The second-order valence-electron chi connectivity index (χ2n) is 7.41. The maximum absolute atomic E-state index is 13.9. The fourth-order valence-electron chi connectivity index (χ4n) is 4.38. The van der Waals surface area contributed by atoms with Crippen LogP contribution in [-0.4, -0.2) is 41.1 Å². The van der Waals surface area contributed by atoms with Crippen molar-refractivity contribution in [2.75, 3.05) is 0 Å². The number of esters is 2. The van der Waals surface area contributed by atoms with Gasteiger partial charge >= 0.3 is 23.8 Å². The molecule has 24 heavy (non-hydrogen) atoms. The van der Waals surface area contributed by atoms with E-state index in [9.17, 15) is 23.2 Å². The van der Waals surface area contributed by atoms with Gasteiger partial charge < -0.3 is 14.6 Å². The van der Waals surface area contributed by atoms with E-state index in [1.807, 2.05) is 0 Å². The van der Waals surface area contributed by atoms with Gasteiger partial charge in [0.25, 0.3) is 0 Å². The number of carbonyl (C=O) groups is 3. The molecule has 1 heterocycles. The van der Waals surface area contributed by atoms with Crippen LogP contribution in [-0.2, 0) is 23.9 Å². The number of carbonyl (C=O) groups excluding carboxylic acids is 2. The van der Waals surface area contributed by atoms with E-state index in [2.05, 4.69) is 0 Å². The van der Waals surface area contributed by atoms with E-state index in [0.29, 0.717) is 12.8 Å². The van der Waals surface area contributed by atoms with Gasteiger partial charge in [-0.3, -0.25) is 9.59 Å². The summed E-state index contributed by atoms with van der Waals surface area (Å²) in [7, 11) is 0. The zero-order chi connectivity index (χ0) is 17.8. The lowest BCUT2D eigenvalue weighted by atomic mass is 9.80. The molecule has 3 aliphatic rings. The molecule has 0 amide bonds. The van der Waals surface area contributed by atoms with E-state index >= 15 is 0 Å². The van der Waals surface area contributed by atoms with Crippen molar-refractivity contribution in [2.45, 2.75) is 51.2 Å². The van der Waals surface area contributed by atoms with Gasteiger partial charge in [-0.25, -0.2) is 4.79 Å². The normalized spacial score (nSPS) is 35.2. The fourth-order valence-corrected chi connectivity index (χ4v) is 4.38. The number of hydrogen-bond donors (Lipinski definition) is 1. The predicted molar refractivity (Wildman–Crippen MR) is 75.0 cm³/mol. The monoisotopic (exact) mass is 346 g/mol. The molecule has 8 heteroatoms. The number of fused-ring (bicyclic) bond motifs is 1. The molecule has 2 aliphatic carbocycles. The molecule has 1 saturated heterocycles. The topological polar surface area (TPSA) is 89.9 Å². The number of aliphatic carboxylic acids is 1. The van der Waals surface area contributed by atoms with E-state index < -0.39 is 41.8 Å². The lowest BCUT2D eigenvalue weighted by Gasteiger charge is -2.29. The van der Waals surface area contributed by atoms with Crippen LogP contribution in [0.1, 0.15) is 33.1 Å². The van der Waals surface area contributed by atoms with Gasteiger partial charge in [-0.15, -0.1) is 0 Å². The summed E-state index contributed by atoms with van der Waals surface area (Å²) in [6, 6.07) is 0. The average molecular weight is 346 g/mol. The molecule has 2 saturated carbocycles. The molecule has 2 bridgehead atoms. The fraction of sp³-hybridized carbons (Fsp3) is 0.812. The lowest BCUT2D eigenvalue weighted by Crippen LogP contribution is -2.46. The summed E-state index contributed by atoms with van der Waals surface area (Å²) in [5.41, 5.74) is 0. The van der Waals surface area contributed by atoms with E-state index in [-0.39, 0.29) is 30.3 Å². The van der Waals surface area contributed by atoms with Crippen molar-refractivity contribution in [1.82, 2.24) is 0 Å². The van der Waals surface area contributed by atoms with E-state index in [0.717, 1.165) is 0 Å². The Morgan fingerprint density at radius 3 is 2.62 bits per heavy atom. The smallest absolute Gasteiger partial charge is 0.378 e. The van der Waals surface area contributed by atoms with Crippen LogP contribution in [0.4, 0.5) is 8.78 Å². The summed E-state index contributed by atoms with van der Waals surface area (Å²) >= 11 is 0. The lowest BCUT2D eigenvalue weighted by molar-refractivity contribution is -0.198. The van der Waals surface area contributed by atoms with Crippen molar-refractivity contribution in [3.05, 3.63) is 0 Å². The van der Waals surface area contributed by atoms with Gasteiger partial charge in [0.2, 0.25) is 0 Å². The van der Waals surface area contributed by atoms with Crippen LogP contribution >= 0.6 is 0 Å². The summed E-state index contributed by atoms with van der Waals surface area (Å²) in [5, 5.41) is 8.74. The minimum Gasteiger partial charge on any atom is -0.477 e. The molecule has 0 aromatic carbocycles. The molecule has 0 spiro atoms. The van der Waals surface area contributed by atoms with Crippen LogP contribution in [0.5, 0.6) is 0 Å². The molecule has 0 radical (unpaired) electrons. The number of ether oxygens (including phenoxy) is 2. The van der Waals surface area contributed by atoms with Crippen molar-refractivity contribution in [3.8, 4) is 0 Å². The molecule has 134 valence electrons. The summed E-state index contributed by atoms with van der Waals surface area (Å²) in [6.07, 6.45) is -1.32. The molecule has 3 rings (SSSR count). The number of hydrogen-bond acceptors (Lipinski definition) is 5. The van der Waals surface area contributed by atoms with E-state index in [1.54, 1.807) is 13.8 Å². The third-order valence-electron chi connectivity index (χ3n) is 5.39. The summed E-state index contributed by atoms with van der Waals surface area (Å²) in [5.74, 6) is -9.78. The van der Waals surface area contributed by atoms with Crippen LogP contribution in [0, 0.1) is 29.6 Å². The Bertz CT molecular complexity index is 573. The van der Waals surface area contributed by atoms with Gasteiger partial charge in [-0.1, -0.05) is 13.8 Å². The van der Waals surface area contributed by atoms with Crippen LogP contribution in [0.3, 0.4) is 0 Å². The summed E-state index contributed by atoms with van der Waals surface area (Å²) in [6.45, 7) is 3.27. The number of carboxylic acid groups (broad SMARTS) is 1. The molecule has 3 fully saturated rings. The quantitative estimate of drug-likeness (QED) is 0.739. The minimum atomic E-state index is -4.17. The largest absolute Gasteiger partial charge is 0.477 e. The van der Waals surface area contributed by atoms with Crippen LogP contribution < -0.4 is 0 Å². The summed E-state index contributed by atoms with van der Waals surface area (Å²) < 4.78 is 38.0. The van der Waals surface area contributed by atoms with Crippen molar-refractivity contribution >= 4 is 17.9 Å². The molecule has 1 aliphatic heterocycles. The zero-order valence-electron chi connectivity index (χ0n) is 13.4. The van der Waals surface area contributed by atoms with Crippen molar-refractivity contribution < 1.29 is 37.7 Å². The van der Waals surface area contributed by atoms with Crippen molar-refractivity contribution in [3.63, 3.8) is 0 Å². The first-order valence-corrected chi connectivity index (χ1v) is 8.15. The molecule has 0 aromatic heterocycles. The third kappa shape index (κ3) is 2.56. The van der Waals surface area contributed by atoms with Crippen LogP contribution in [0.15, 0.2) is 0 Å². The second-order valence-corrected chi connectivity index (χ2v) is 7.41. The van der Waals surface area contributed by atoms with Crippen LogP contribution in [0.2, 0.25) is 0 Å². The summed E-state index contributed by atoms with van der Waals surface area (Å²) in [4.78, 5) is 35.2. The molecule has 6 unspecified atom stereocenters. The zero-order valence-corrected chi connectivity index (χ0v) is 13.4. The Hall–Kier alpha value is -1.73. The Labute approximate surface area is 137 Å². The maximum Gasteiger partial charge on any atom is 0.378 e. The Balaban J connectivity index is 1.77. The van der Waals surface area contributed by atoms with Gasteiger partial charge in [-0.05, 0) is 31.1 Å². The average Bonchev–Trinajstić information content (AvgIpc) is 3.06. The molecule has 1 N–H and O–H groups in total. The maximum atomic E-state index is 13.9. The second kappa shape index (κ2) is 5.67. The van der Waals surface area contributed by atoms with E-state index in [1.165, 1.54) is 0 Å². The Kier molecular flexibility index (Phi) is 4.04. The number of carboxylic acids is 1. The van der Waals surface area contributed by atoms with Gasteiger partial charge in [0.05, 0.1) is 11.8 Å². The highest BCUT2D eigenvalue weighted by Crippen LogP contribution is 2.58. The third-order valence-corrected chi connectivity index (χ3v) is 5.39. The standard InChI is InChI=1S/C16H20F2O6/c1-6(2)3-10(16(17,18)15(21)22)24-13(19)11-7-4-8-9(5-7)23-14(20)12(8)11/h6-12H,3-5H2,1-2H3,(H,21,22). The van der Waals surface area contributed by atoms with Crippen LogP contribution in [0.25, 0.3) is 0 Å². The van der Waals surface area contributed by atoms with Crippen molar-refractivity contribution in [2.24, 2.45) is 29.6 Å². The first-order valence-electron chi connectivity index (χ1n) is 8.15. The van der Waals surface area contributed by atoms with Gasteiger partial charge in [0.15, 0.2) is 6.10 Å². The first-order chi connectivity index (χ1) is 11.1. The molecule has 6 atom stereocenters. The molecule has 6 nitrogen and oxygen atoms in total. The first kappa shape index (κ1) is 17.1. The molecule has 0 aromatic rings. The van der Waals surface area contributed by atoms with Gasteiger partial charge in [0, 0.05) is 5.92 Å². The minimum absolute atomic E-state index is 0.0522.